The number of hydrogen-bond acceptors (Lipinski definition) is 7. The first-order chi connectivity index (χ1) is 12.8. The minimum atomic E-state index is 0. The van der Waals surface area contributed by atoms with Gasteiger partial charge in [0.05, 0.1) is 6.04 Å². The molecule has 1 atom stereocenters. The molecule has 1 aliphatic carbocycles. The Balaban J connectivity index is 0.00000180. The Morgan fingerprint density at radius 2 is 1.89 bits per heavy atom. The van der Waals surface area contributed by atoms with Gasteiger partial charge in [0.15, 0.2) is 11.6 Å². The number of nitrogens with zero attached hydrogens (tertiary/aromatic N) is 5. The molecule has 2 fully saturated rings. The molecule has 2 aromatic heterocycles. The SMILES string of the molecule is CN1CCNCC1c1noc(-c2ccc(-c3n[nH]c(C4CC4)n3)cc2)n1.Cl. The van der Waals surface area contributed by atoms with E-state index in [-0.39, 0.29) is 18.4 Å². The molecule has 3 heterocycles. The minimum Gasteiger partial charge on any atom is -0.334 e. The molecule has 1 aromatic carbocycles. The molecule has 9 heteroatoms. The van der Waals surface area contributed by atoms with Crippen LogP contribution in [0.4, 0.5) is 0 Å². The molecule has 0 amide bonds. The number of hydrogen-bond donors (Lipinski definition) is 2. The monoisotopic (exact) mass is 387 g/mol. The number of nitrogens with one attached hydrogen (secondary N) is 2. The van der Waals surface area contributed by atoms with Crippen LogP contribution in [-0.2, 0) is 0 Å². The molecule has 8 nitrogen and oxygen atoms in total. The predicted octanol–water partition coefficient (Wildman–Crippen LogP) is 2.40. The molecule has 1 aliphatic heterocycles. The van der Waals surface area contributed by atoms with Gasteiger partial charge in [0.25, 0.3) is 5.89 Å². The van der Waals surface area contributed by atoms with E-state index in [0.29, 0.717) is 11.8 Å². The summed E-state index contributed by atoms with van der Waals surface area (Å²) in [4.78, 5) is 11.4. The van der Waals surface area contributed by atoms with Gasteiger partial charge >= 0.3 is 0 Å². The van der Waals surface area contributed by atoms with E-state index in [0.717, 1.165) is 48.2 Å². The Bertz CT molecular complexity index is 903. The van der Waals surface area contributed by atoms with Crippen molar-refractivity contribution < 1.29 is 4.52 Å². The second-order valence-electron chi connectivity index (χ2n) is 7.05. The molecule has 1 saturated carbocycles. The van der Waals surface area contributed by atoms with Crippen LogP contribution in [0, 0.1) is 0 Å². The van der Waals surface area contributed by atoms with Crippen molar-refractivity contribution in [2.75, 3.05) is 26.7 Å². The number of H-pyrrole nitrogens is 1. The van der Waals surface area contributed by atoms with Gasteiger partial charge in [-0.3, -0.25) is 10.00 Å². The molecule has 27 heavy (non-hydrogen) atoms. The second kappa shape index (κ2) is 7.38. The average molecular weight is 388 g/mol. The van der Waals surface area contributed by atoms with Crippen molar-refractivity contribution in [1.29, 1.82) is 0 Å². The summed E-state index contributed by atoms with van der Waals surface area (Å²) in [5, 5.41) is 14.9. The largest absolute Gasteiger partial charge is 0.334 e. The van der Waals surface area contributed by atoms with E-state index < -0.39 is 0 Å². The first-order valence-corrected chi connectivity index (χ1v) is 9.05. The van der Waals surface area contributed by atoms with E-state index in [2.05, 4.69) is 42.6 Å². The lowest BCUT2D eigenvalue weighted by molar-refractivity contribution is 0.190. The minimum absolute atomic E-state index is 0. The molecular formula is C18H22ClN7O. The summed E-state index contributed by atoms with van der Waals surface area (Å²) in [5.41, 5.74) is 1.88. The summed E-state index contributed by atoms with van der Waals surface area (Å²) >= 11 is 0. The molecule has 0 bridgehead atoms. The van der Waals surface area contributed by atoms with Crippen LogP contribution >= 0.6 is 12.4 Å². The first kappa shape index (κ1) is 18.1. The topological polar surface area (TPSA) is 95.8 Å². The zero-order valence-corrected chi connectivity index (χ0v) is 15.9. The van der Waals surface area contributed by atoms with E-state index in [9.17, 15) is 0 Å². The molecule has 3 aromatic rings. The van der Waals surface area contributed by atoms with E-state index in [1.54, 1.807) is 0 Å². The van der Waals surface area contributed by atoms with Crippen molar-refractivity contribution in [3.8, 4) is 22.8 Å². The summed E-state index contributed by atoms with van der Waals surface area (Å²) in [5.74, 6) is 3.57. The van der Waals surface area contributed by atoms with Crippen molar-refractivity contribution >= 4 is 12.4 Å². The van der Waals surface area contributed by atoms with Crippen molar-refractivity contribution in [3.63, 3.8) is 0 Å². The van der Waals surface area contributed by atoms with Crippen molar-refractivity contribution in [2.24, 2.45) is 0 Å². The Kier molecular flexibility index (Phi) is 4.94. The summed E-state index contributed by atoms with van der Waals surface area (Å²) in [6.07, 6.45) is 2.41. The van der Waals surface area contributed by atoms with Gasteiger partial charge in [0.2, 0.25) is 0 Å². The van der Waals surface area contributed by atoms with E-state index >= 15 is 0 Å². The first-order valence-electron chi connectivity index (χ1n) is 9.05. The van der Waals surface area contributed by atoms with Gasteiger partial charge in [0.1, 0.15) is 5.82 Å². The van der Waals surface area contributed by atoms with Gasteiger partial charge < -0.3 is 9.84 Å². The molecule has 5 rings (SSSR count). The molecule has 2 aliphatic rings. The van der Waals surface area contributed by atoms with Gasteiger partial charge in [-0.05, 0) is 32.0 Å². The van der Waals surface area contributed by atoms with Crippen LogP contribution in [0.5, 0.6) is 0 Å². The van der Waals surface area contributed by atoms with Crippen LogP contribution in [0.15, 0.2) is 28.8 Å². The normalized spacial score (nSPS) is 20.4. The zero-order chi connectivity index (χ0) is 17.5. The quantitative estimate of drug-likeness (QED) is 0.709. The average Bonchev–Trinajstić information content (AvgIpc) is 3.20. The third kappa shape index (κ3) is 3.60. The molecule has 1 unspecified atom stereocenters. The van der Waals surface area contributed by atoms with Crippen LogP contribution < -0.4 is 5.32 Å². The van der Waals surface area contributed by atoms with Gasteiger partial charge in [-0.2, -0.15) is 10.1 Å². The van der Waals surface area contributed by atoms with Crippen LogP contribution in [-0.4, -0.2) is 56.9 Å². The second-order valence-corrected chi connectivity index (χ2v) is 7.05. The molecule has 1 saturated heterocycles. The van der Waals surface area contributed by atoms with Gasteiger partial charge in [-0.25, -0.2) is 4.98 Å². The van der Waals surface area contributed by atoms with E-state index in [4.69, 9.17) is 4.52 Å². The highest BCUT2D eigenvalue weighted by Crippen LogP contribution is 2.38. The number of piperazine rings is 1. The Labute approximate surface area is 163 Å². The number of likely N-dealkylation sites (N-methyl/N-ethyl adjacent to an activating group) is 1. The Morgan fingerprint density at radius 3 is 2.63 bits per heavy atom. The van der Waals surface area contributed by atoms with Crippen LogP contribution in [0.1, 0.15) is 36.5 Å². The highest BCUT2D eigenvalue weighted by atomic mass is 35.5. The predicted molar refractivity (Wildman–Crippen MR) is 103 cm³/mol. The lowest BCUT2D eigenvalue weighted by atomic mass is 10.1. The standard InChI is InChI=1S/C18H21N7O.ClH/c1-25-9-8-19-10-14(25)17-21-18(26-24-17)13-6-4-12(5-7-13)16-20-15(22-23-16)11-2-3-11;/h4-7,11,14,19H,2-3,8-10H2,1H3,(H,20,22,23);1H. The summed E-state index contributed by atoms with van der Waals surface area (Å²) in [6.45, 7) is 2.80. The van der Waals surface area contributed by atoms with Crippen molar-refractivity contribution in [1.82, 2.24) is 35.5 Å². The van der Waals surface area contributed by atoms with Crippen LogP contribution in [0.25, 0.3) is 22.8 Å². The van der Waals surface area contributed by atoms with Crippen LogP contribution in [0.3, 0.4) is 0 Å². The summed E-state index contributed by atoms with van der Waals surface area (Å²) in [7, 11) is 2.09. The molecule has 2 N–H and O–H groups in total. The number of rotatable bonds is 4. The third-order valence-electron chi connectivity index (χ3n) is 5.11. The molecular weight excluding hydrogens is 366 g/mol. The maximum Gasteiger partial charge on any atom is 0.257 e. The maximum absolute atomic E-state index is 5.49. The Morgan fingerprint density at radius 1 is 1.11 bits per heavy atom. The van der Waals surface area contributed by atoms with Crippen molar-refractivity contribution in [3.05, 3.63) is 35.9 Å². The molecule has 142 valence electrons. The van der Waals surface area contributed by atoms with Gasteiger partial charge in [0, 0.05) is 36.7 Å². The van der Waals surface area contributed by atoms with Gasteiger partial charge in [-0.1, -0.05) is 17.3 Å². The highest BCUT2D eigenvalue weighted by molar-refractivity contribution is 5.85. The zero-order valence-electron chi connectivity index (χ0n) is 15.1. The fourth-order valence-corrected chi connectivity index (χ4v) is 3.29. The number of halogens is 1. The molecule has 0 spiro atoms. The lowest BCUT2D eigenvalue weighted by Gasteiger charge is -2.30. The molecule has 0 radical (unpaired) electrons. The van der Waals surface area contributed by atoms with Crippen LogP contribution in [0.2, 0.25) is 0 Å². The summed E-state index contributed by atoms with van der Waals surface area (Å²) < 4.78 is 5.49. The number of aromatic amines is 1. The van der Waals surface area contributed by atoms with E-state index in [1.165, 1.54) is 12.8 Å². The smallest absolute Gasteiger partial charge is 0.257 e. The summed E-state index contributed by atoms with van der Waals surface area (Å²) in [6, 6.07) is 8.08. The lowest BCUT2D eigenvalue weighted by Crippen LogP contribution is -2.44. The maximum atomic E-state index is 5.49. The van der Waals surface area contributed by atoms with E-state index in [1.807, 2.05) is 24.3 Å². The van der Waals surface area contributed by atoms with Gasteiger partial charge in [-0.15, -0.1) is 12.4 Å². The fourth-order valence-electron chi connectivity index (χ4n) is 3.29. The highest BCUT2D eigenvalue weighted by Gasteiger charge is 2.27. The van der Waals surface area contributed by atoms with Crippen molar-refractivity contribution in [2.45, 2.75) is 24.8 Å². The number of aromatic nitrogens is 5. The number of benzene rings is 1. The fraction of sp³-hybridized carbons (Fsp3) is 0.444. The third-order valence-corrected chi connectivity index (χ3v) is 5.11. The Hall–Kier alpha value is -2.29.